The molecule has 2 aromatic rings. The van der Waals surface area contributed by atoms with E-state index < -0.39 is 0 Å². The Morgan fingerprint density at radius 2 is 1.69 bits per heavy atom. The van der Waals surface area contributed by atoms with Crippen LogP contribution in [0.15, 0.2) is 36.4 Å². The van der Waals surface area contributed by atoms with Crippen LogP contribution in [0, 0.1) is 5.92 Å². The van der Waals surface area contributed by atoms with Crippen molar-refractivity contribution in [3.63, 3.8) is 0 Å². The zero-order valence-corrected chi connectivity index (χ0v) is 17.5. The predicted octanol–water partition coefficient (Wildman–Crippen LogP) is 3.16. The molecule has 0 bridgehead atoms. The van der Waals surface area contributed by atoms with Crippen molar-refractivity contribution in [2.75, 3.05) is 50.7 Å². The van der Waals surface area contributed by atoms with Crippen LogP contribution in [0.25, 0.3) is 11.4 Å². The second-order valence-electron chi connectivity index (χ2n) is 8.20. The van der Waals surface area contributed by atoms with E-state index in [9.17, 15) is 4.79 Å². The van der Waals surface area contributed by atoms with Gasteiger partial charge in [-0.05, 0) is 25.3 Å². The maximum atomic E-state index is 13.2. The normalized spacial score (nSPS) is 18.8. The molecule has 0 radical (unpaired) electrons. The zero-order chi connectivity index (χ0) is 20.2. The van der Waals surface area contributed by atoms with Gasteiger partial charge in [-0.25, -0.2) is 9.97 Å². The van der Waals surface area contributed by atoms with Gasteiger partial charge in [0.25, 0.3) is 5.91 Å². The number of likely N-dealkylation sites (tertiary alicyclic amines) is 1. The van der Waals surface area contributed by atoms with Crippen LogP contribution in [0.4, 0.5) is 5.82 Å². The molecule has 0 spiro atoms. The average Bonchev–Trinajstić information content (AvgIpc) is 2.79. The molecule has 0 N–H and O–H groups in total. The van der Waals surface area contributed by atoms with Crippen LogP contribution in [0.1, 0.15) is 37.2 Å². The Labute approximate surface area is 173 Å². The number of piperidine rings is 1. The van der Waals surface area contributed by atoms with Crippen molar-refractivity contribution in [3.8, 4) is 11.4 Å². The van der Waals surface area contributed by atoms with Gasteiger partial charge in [-0.2, -0.15) is 0 Å². The Balaban J connectivity index is 1.64. The highest BCUT2D eigenvalue weighted by Gasteiger charge is 2.25. The van der Waals surface area contributed by atoms with Gasteiger partial charge < -0.3 is 14.7 Å². The van der Waals surface area contributed by atoms with E-state index in [1.54, 1.807) is 0 Å². The fourth-order valence-corrected chi connectivity index (χ4v) is 4.09. The molecule has 2 fully saturated rings. The van der Waals surface area contributed by atoms with E-state index >= 15 is 0 Å². The Morgan fingerprint density at radius 1 is 1.00 bits per heavy atom. The third-order valence-electron chi connectivity index (χ3n) is 6.18. The van der Waals surface area contributed by atoms with Crippen LogP contribution >= 0.6 is 0 Å². The number of benzene rings is 1. The Morgan fingerprint density at radius 3 is 2.34 bits per heavy atom. The molecule has 0 aliphatic carbocycles. The Hall–Kier alpha value is -2.47. The number of rotatable bonds is 4. The molecule has 29 heavy (non-hydrogen) atoms. The van der Waals surface area contributed by atoms with Gasteiger partial charge in [0.2, 0.25) is 0 Å². The monoisotopic (exact) mass is 393 g/mol. The summed E-state index contributed by atoms with van der Waals surface area (Å²) < 4.78 is 0. The molecular formula is C23H31N5O. The van der Waals surface area contributed by atoms with Gasteiger partial charge in [0.05, 0.1) is 0 Å². The van der Waals surface area contributed by atoms with Gasteiger partial charge >= 0.3 is 0 Å². The molecule has 1 aromatic carbocycles. The van der Waals surface area contributed by atoms with E-state index in [0.29, 0.717) is 17.4 Å². The van der Waals surface area contributed by atoms with Crippen molar-refractivity contribution in [2.45, 2.75) is 26.7 Å². The van der Waals surface area contributed by atoms with Crippen LogP contribution < -0.4 is 4.90 Å². The zero-order valence-electron chi connectivity index (χ0n) is 17.5. The predicted molar refractivity (Wildman–Crippen MR) is 116 cm³/mol. The van der Waals surface area contributed by atoms with Gasteiger partial charge in [0.1, 0.15) is 11.5 Å². The standard InChI is InChI=1S/C23H31N5O/c1-3-26-13-15-27(16-14-26)21-17-20(23(29)28-11-9-18(2)10-12-28)24-22(25-21)19-7-5-4-6-8-19/h4-8,17-18H,3,9-16H2,1-2H3. The summed E-state index contributed by atoms with van der Waals surface area (Å²) >= 11 is 0. The second-order valence-corrected chi connectivity index (χ2v) is 8.20. The van der Waals surface area contributed by atoms with Crippen LogP contribution in [0.3, 0.4) is 0 Å². The average molecular weight is 394 g/mol. The van der Waals surface area contributed by atoms with E-state index in [0.717, 1.165) is 70.0 Å². The number of carbonyl (C=O) groups is 1. The topological polar surface area (TPSA) is 52.6 Å². The first kappa shape index (κ1) is 19.8. The minimum absolute atomic E-state index is 0.0323. The molecule has 6 heteroatoms. The van der Waals surface area contributed by atoms with Crippen molar-refractivity contribution in [3.05, 3.63) is 42.1 Å². The summed E-state index contributed by atoms with van der Waals surface area (Å²) in [6.45, 7) is 11.1. The second kappa shape index (κ2) is 8.91. The van der Waals surface area contributed by atoms with Crippen molar-refractivity contribution in [1.82, 2.24) is 19.8 Å². The minimum Gasteiger partial charge on any atom is -0.354 e. The smallest absolute Gasteiger partial charge is 0.272 e. The lowest BCUT2D eigenvalue weighted by Crippen LogP contribution is -2.46. The number of amides is 1. The molecule has 3 heterocycles. The van der Waals surface area contributed by atoms with E-state index in [2.05, 4.69) is 28.6 Å². The van der Waals surface area contributed by atoms with Crippen molar-refractivity contribution in [2.24, 2.45) is 5.92 Å². The van der Waals surface area contributed by atoms with Crippen LogP contribution in [-0.4, -0.2) is 71.5 Å². The quantitative estimate of drug-likeness (QED) is 0.799. The summed E-state index contributed by atoms with van der Waals surface area (Å²) in [4.78, 5) is 29.4. The third-order valence-corrected chi connectivity index (χ3v) is 6.18. The summed E-state index contributed by atoms with van der Waals surface area (Å²) in [5.41, 5.74) is 1.46. The lowest BCUT2D eigenvalue weighted by atomic mass is 9.99. The Bertz CT molecular complexity index is 824. The number of likely N-dealkylation sites (N-methyl/N-ethyl adjacent to an activating group) is 1. The molecule has 2 aliphatic rings. The molecule has 4 rings (SSSR count). The number of nitrogens with zero attached hydrogens (tertiary/aromatic N) is 5. The third kappa shape index (κ3) is 4.58. The molecule has 1 amide bonds. The van der Waals surface area contributed by atoms with E-state index in [1.165, 1.54) is 0 Å². The summed E-state index contributed by atoms with van der Waals surface area (Å²) in [5.74, 6) is 2.22. The number of piperazine rings is 1. The lowest BCUT2D eigenvalue weighted by molar-refractivity contribution is 0.0691. The number of hydrogen-bond acceptors (Lipinski definition) is 5. The first-order valence-electron chi connectivity index (χ1n) is 10.8. The molecule has 6 nitrogen and oxygen atoms in total. The highest BCUT2D eigenvalue weighted by atomic mass is 16.2. The minimum atomic E-state index is 0.0323. The summed E-state index contributed by atoms with van der Waals surface area (Å²) in [6.07, 6.45) is 2.13. The lowest BCUT2D eigenvalue weighted by Gasteiger charge is -2.35. The highest BCUT2D eigenvalue weighted by molar-refractivity contribution is 5.93. The van der Waals surface area contributed by atoms with E-state index in [-0.39, 0.29) is 5.91 Å². The molecular weight excluding hydrogens is 362 g/mol. The molecule has 154 valence electrons. The molecule has 2 aliphatic heterocycles. The summed E-state index contributed by atoms with van der Waals surface area (Å²) in [5, 5.41) is 0. The van der Waals surface area contributed by atoms with Crippen molar-refractivity contribution < 1.29 is 4.79 Å². The van der Waals surface area contributed by atoms with E-state index in [4.69, 9.17) is 4.98 Å². The molecule has 0 atom stereocenters. The van der Waals surface area contributed by atoms with Crippen molar-refractivity contribution in [1.29, 1.82) is 0 Å². The number of anilines is 1. The number of aromatic nitrogens is 2. The van der Waals surface area contributed by atoms with Gasteiger partial charge in [0.15, 0.2) is 5.82 Å². The van der Waals surface area contributed by atoms with Gasteiger partial charge in [-0.15, -0.1) is 0 Å². The molecule has 2 saturated heterocycles. The molecule has 1 aromatic heterocycles. The fourth-order valence-electron chi connectivity index (χ4n) is 4.09. The summed E-state index contributed by atoms with van der Waals surface area (Å²) in [7, 11) is 0. The fraction of sp³-hybridized carbons (Fsp3) is 0.522. The van der Waals surface area contributed by atoms with Crippen LogP contribution in [-0.2, 0) is 0 Å². The van der Waals surface area contributed by atoms with Crippen LogP contribution in [0.5, 0.6) is 0 Å². The van der Waals surface area contributed by atoms with Crippen molar-refractivity contribution >= 4 is 11.7 Å². The first-order valence-corrected chi connectivity index (χ1v) is 10.8. The maximum Gasteiger partial charge on any atom is 0.272 e. The van der Waals surface area contributed by atoms with E-state index in [1.807, 2.05) is 41.3 Å². The Kier molecular flexibility index (Phi) is 6.09. The molecule has 0 unspecified atom stereocenters. The van der Waals surface area contributed by atoms with Gasteiger partial charge in [0, 0.05) is 50.9 Å². The van der Waals surface area contributed by atoms with Crippen LogP contribution in [0.2, 0.25) is 0 Å². The summed E-state index contributed by atoms with van der Waals surface area (Å²) in [6, 6.07) is 11.9. The largest absolute Gasteiger partial charge is 0.354 e. The highest BCUT2D eigenvalue weighted by Crippen LogP contribution is 2.24. The SMILES string of the molecule is CCN1CCN(c2cc(C(=O)N3CCC(C)CC3)nc(-c3ccccc3)n2)CC1. The first-order chi connectivity index (χ1) is 14.1. The number of carbonyl (C=O) groups excluding carboxylic acids is 1. The van der Waals surface area contributed by atoms with Gasteiger partial charge in [-0.1, -0.05) is 44.2 Å². The van der Waals surface area contributed by atoms with Gasteiger partial charge in [-0.3, -0.25) is 4.79 Å². The maximum absolute atomic E-state index is 13.2. The molecule has 0 saturated carbocycles. The number of hydrogen-bond donors (Lipinski definition) is 0.